The van der Waals surface area contributed by atoms with Crippen molar-refractivity contribution in [1.29, 1.82) is 0 Å². The lowest BCUT2D eigenvalue weighted by Crippen LogP contribution is -2.44. The third-order valence-corrected chi connectivity index (χ3v) is 2.10. The van der Waals surface area contributed by atoms with Crippen LogP contribution in [0.4, 0.5) is 0 Å². The Hall–Kier alpha value is -0.480. The maximum Gasteiger partial charge on any atom is 0.328 e. The molecule has 1 unspecified atom stereocenters. The lowest BCUT2D eigenvalue weighted by Gasteiger charge is -2.18. The van der Waals surface area contributed by atoms with Gasteiger partial charge in [-0.05, 0) is 12.3 Å². The molecule has 0 aromatic carbocycles. The van der Waals surface area contributed by atoms with Crippen molar-refractivity contribution in [2.24, 2.45) is 5.92 Å². The molecule has 0 aromatic heterocycles. The number of carbonyl (C=O) groups excluding carboxylic acids is 2. The number of esters is 1. The van der Waals surface area contributed by atoms with Crippen LogP contribution in [0.3, 0.4) is 0 Å². The number of hydrogen-bond acceptors (Lipinski definition) is 3. The van der Waals surface area contributed by atoms with Gasteiger partial charge in [0.1, 0.15) is 6.04 Å². The Balaban J connectivity index is 4.37. The summed E-state index contributed by atoms with van der Waals surface area (Å²) >= 11 is 10.7. The van der Waals surface area contributed by atoms with Gasteiger partial charge in [0.25, 0.3) is 5.91 Å². The lowest BCUT2D eigenvalue weighted by molar-refractivity contribution is -0.145. The van der Waals surface area contributed by atoms with Gasteiger partial charge in [-0.2, -0.15) is 0 Å². The maximum absolute atomic E-state index is 11.3. The van der Waals surface area contributed by atoms with Crippen LogP contribution < -0.4 is 5.32 Å². The molecule has 0 saturated heterocycles. The summed E-state index contributed by atoms with van der Waals surface area (Å²) in [6, 6.07) is -0.692. The quantitative estimate of drug-likeness (QED) is 0.599. The highest BCUT2D eigenvalue weighted by molar-refractivity contribution is 6.53. The van der Waals surface area contributed by atoms with Crippen molar-refractivity contribution in [3.05, 3.63) is 0 Å². The number of alkyl halides is 2. The summed E-state index contributed by atoms with van der Waals surface area (Å²) < 4.78 is 4.55. The van der Waals surface area contributed by atoms with Crippen LogP contribution in [-0.4, -0.2) is 29.9 Å². The van der Waals surface area contributed by atoms with Gasteiger partial charge in [-0.3, -0.25) is 4.79 Å². The Morgan fingerprint density at radius 3 is 2.20 bits per heavy atom. The molecule has 0 saturated carbocycles. The largest absolute Gasteiger partial charge is 0.467 e. The normalized spacial score (nSPS) is 12.7. The molecule has 0 bridgehead atoms. The van der Waals surface area contributed by atoms with Gasteiger partial charge in [-0.1, -0.05) is 37.0 Å². The lowest BCUT2D eigenvalue weighted by atomic mass is 10.0. The fraction of sp³-hybridized carbons (Fsp3) is 0.778. The Morgan fingerprint density at radius 1 is 1.33 bits per heavy atom. The molecule has 0 fully saturated rings. The van der Waals surface area contributed by atoms with Crippen LogP contribution >= 0.6 is 23.2 Å². The second-order valence-electron chi connectivity index (χ2n) is 3.51. The van der Waals surface area contributed by atoms with Crippen molar-refractivity contribution in [1.82, 2.24) is 5.32 Å². The van der Waals surface area contributed by atoms with Gasteiger partial charge >= 0.3 is 5.97 Å². The summed E-state index contributed by atoms with van der Waals surface area (Å²) in [6.07, 6.45) is 0.485. The highest BCUT2D eigenvalue weighted by atomic mass is 35.5. The van der Waals surface area contributed by atoms with E-state index in [0.29, 0.717) is 6.42 Å². The van der Waals surface area contributed by atoms with Crippen LogP contribution in [0.1, 0.15) is 20.3 Å². The van der Waals surface area contributed by atoms with Crippen molar-refractivity contribution in [2.75, 3.05) is 7.11 Å². The van der Waals surface area contributed by atoms with E-state index in [1.165, 1.54) is 7.11 Å². The standard InChI is InChI=1S/C9H15Cl2NO3/c1-5(2)4-6(9(14)15-3)12-8(13)7(10)11/h5-7H,4H2,1-3H3,(H,12,13). The molecular formula is C9H15Cl2NO3. The molecule has 0 radical (unpaired) electrons. The molecule has 6 heteroatoms. The molecule has 1 N–H and O–H groups in total. The molecule has 1 amide bonds. The highest BCUT2D eigenvalue weighted by Gasteiger charge is 2.24. The van der Waals surface area contributed by atoms with Gasteiger partial charge < -0.3 is 10.1 Å². The first-order valence-electron chi connectivity index (χ1n) is 4.54. The minimum atomic E-state index is -1.18. The predicted octanol–water partition coefficient (Wildman–Crippen LogP) is 1.49. The van der Waals surface area contributed by atoms with E-state index in [2.05, 4.69) is 10.1 Å². The molecule has 0 aliphatic heterocycles. The summed E-state index contributed by atoms with van der Waals surface area (Å²) in [7, 11) is 1.26. The maximum atomic E-state index is 11.3. The molecule has 0 spiro atoms. The summed E-state index contributed by atoms with van der Waals surface area (Å²) in [4.78, 5) is 21.3. The molecule has 0 aliphatic rings. The molecular weight excluding hydrogens is 241 g/mol. The first kappa shape index (κ1) is 14.5. The van der Waals surface area contributed by atoms with E-state index in [0.717, 1.165) is 0 Å². The molecule has 0 heterocycles. The van der Waals surface area contributed by atoms with Crippen molar-refractivity contribution in [2.45, 2.75) is 31.1 Å². The van der Waals surface area contributed by atoms with Gasteiger partial charge in [-0.15, -0.1) is 0 Å². The number of hydrogen-bond donors (Lipinski definition) is 1. The van der Waals surface area contributed by atoms with Gasteiger partial charge in [0.15, 0.2) is 4.84 Å². The average Bonchev–Trinajstić information content (AvgIpc) is 2.14. The average molecular weight is 256 g/mol. The zero-order valence-electron chi connectivity index (χ0n) is 8.92. The van der Waals surface area contributed by atoms with Crippen molar-refractivity contribution in [3.8, 4) is 0 Å². The van der Waals surface area contributed by atoms with E-state index < -0.39 is 22.8 Å². The first-order chi connectivity index (χ1) is 6.88. The van der Waals surface area contributed by atoms with Gasteiger partial charge in [0.05, 0.1) is 7.11 Å². The minimum absolute atomic E-state index is 0.249. The fourth-order valence-electron chi connectivity index (χ4n) is 1.06. The predicted molar refractivity (Wildman–Crippen MR) is 58.9 cm³/mol. The minimum Gasteiger partial charge on any atom is -0.467 e. The van der Waals surface area contributed by atoms with Crippen molar-refractivity contribution in [3.63, 3.8) is 0 Å². The van der Waals surface area contributed by atoms with Crippen LogP contribution in [0, 0.1) is 5.92 Å². The second-order valence-corrected chi connectivity index (χ2v) is 4.61. The Labute approximate surface area is 99.3 Å². The molecule has 88 valence electrons. The summed E-state index contributed by atoms with van der Waals surface area (Å²) in [6.45, 7) is 3.86. The van der Waals surface area contributed by atoms with E-state index >= 15 is 0 Å². The van der Waals surface area contributed by atoms with Crippen LogP contribution in [0.2, 0.25) is 0 Å². The topological polar surface area (TPSA) is 55.4 Å². The fourth-order valence-corrected chi connectivity index (χ4v) is 1.19. The zero-order valence-corrected chi connectivity index (χ0v) is 10.4. The van der Waals surface area contributed by atoms with Crippen LogP contribution in [-0.2, 0) is 14.3 Å². The third kappa shape index (κ3) is 5.85. The molecule has 4 nitrogen and oxygen atoms in total. The number of carbonyl (C=O) groups is 2. The van der Waals surface area contributed by atoms with Gasteiger partial charge in [0.2, 0.25) is 0 Å². The highest BCUT2D eigenvalue weighted by Crippen LogP contribution is 2.08. The first-order valence-corrected chi connectivity index (χ1v) is 5.42. The molecule has 15 heavy (non-hydrogen) atoms. The number of halogens is 2. The Kier molecular flexibility index (Phi) is 6.68. The molecule has 1 atom stereocenters. The van der Waals surface area contributed by atoms with E-state index in [1.54, 1.807) is 0 Å². The number of ether oxygens (including phenoxy) is 1. The third-order valence-electron chi connectivity index (χ3n) is 1.71. The van der Waals surface area contributed by atoms with Gasteiger partial charge in [0, 0.05) is 0 Å². The molecule has 0 aromatic rings. The number of nitrogens with one attached hydrogen (secondary N) is 1. The van der Waals surface area contributed by atoms with Crippen LogP contribution in [0.15, 0.2) is 0 Å². The SMILES string of the molecule is COC(=O)C(CC(C)C)NC(=O)C(Cl)Cl. The number of amides is 1. The summed E-state index contributed by atoms with van der Waals surface area (Å²) in [5.74, 6) is -0.834. The smallest absolute Gasteiger partial charge is 0.328 e. The zero-order chi connectivity index (χ0) is 12.0. The van der Waals surface area contributed by atoms with Crippen LogP contribution in [0.5, 0.6) is 0 Å². The monoisotopic (exact) mass is 255 g/mol. The van der Waals surface area contributed by atoms with Crippen molar-refractivity contribution < 1.29 is 14.3 Å². The second kappa shape index (κ2) is 6.90. The van der Waals surface area contributed by atoms with Crippen LogP contribution in [0.25, 0.3) is 0 Å². The molecule has 0 aliphatic carbocycles. The summed E-state index contributed by atoms with van der Waals surface area (Å²) in [5, 5.41) is 2.42. The Bertz CT molecular complexity index is 231. The Morgan fingerprint density at radius 2 is 1.87 bits per heavy atom. The van der Waals surface area contributed by atoms with E-state index in [9.17, 15) is 9.59 Å². The summed E-state index contributed by atoms with van der Waals surface area (Å²) in [5.41, 5.74) is 0. The van der Waals surface area contributed by atoms with Crippen molar-refractivity contribution >= 4 is 35.1 Å². The van der Waals surface area contributed by atoms with Gasteiger partial charge in [-0.25, -0.2) is 4.79 Å². The number of rotatable bonds is 5. The molecule has 0 rings (SSSR count). The number of methoxy groups -OCH3 is 1. The van der Waals surface area contributed by atoms with E-state index in [-0.39, 0.29) is 5.92 Å². The van der Waals surface area contributed by atoms with E-state index in [1.807, 2.05) is 13.8 Å². The van der Waals surface area contributed by atoms with E-state index in [4.69, 9.17) is 23.2 Å².